The highest BCUT2D eigenvalue weighted by atomic mass is 35.5. The lowest BCUT2D eigenvalue weighted by molar-refractivity contribution is -0.384. The molecule has 2 aliphatic rings. The summed E-state index contributed by atoms with van der Waals surface area (Å²) in [5.41, 5.74) is 9.29. The molecule has 1 heterocycles. The maximum absolute atomic E-state index is 13.0. The number of hydrogen-bond acceptors (Lipinski definition) is 6. The van der Waals surface area contributed by atoms with Crippen LogP contribution in [0.15, 0.2) is 71.2 Å². The van der Waals surface area contributed by atoms with Crippen LogP contribution in [0.5, 0.6) is 0 Å². The van der Waals surface area contributed by atoms with Crippen LogP contribution in [0.25, 0.3) is 0 Å². The molecule has 0 amide bonds. The molecule has 1 atom stereocenters. The summed E-state index contributed by atoms with van der Waals surface area (Å²) in [6, 6.07) is 15.1. The van der Waals surface area contributed by atoms with Gasteiger partial charge in [-0.05, 0) is 42.7 Å². The minimum Gasteiger partial charge on any atom is -0.384 e. The first-order valence-electron chi connectivity index (χ1n) is 9.38. The van der Waals surface area contributed by atoms with Crippen molar-refractivity contribution in [3.05, 3.63) is 91.9 Å². The fraction of sp³-hybridized carbons (Fsp3) is 0.182. The van der Waals surface area contributed by atoms with Crippen LogP contribution in [0, 0.1) is 21.4 Å². The number of nitrogens with two attached hydrogens (primary N) is 1. The molecule has 0 saturated heterocycles. The quantitative estimate of drug-likeness (QED) is 0.575. The number of nitro groups is 1. The molecule has 0 radical (unpaired) electrons. The van der Waals surface area contributed by atoms with Gasteiger partial charge in [0.25, 0.3) is 5.69 Å². The Balaban J connectivity index is 1.91. The number of anilines is 1. The summed E-state index contributed by atoms with van der Waals surface area (Å²) in [5, 5.41) is 21.5. The van der Waals surface area contributed by atoms with E-state index in [2.05, 4.69) is 6.07 Å². The highest BCUT2D eigenvalue weighted by Crippen LogP contribution is 2.46. The maximum atomic E-state index is 13.0. The first-order chi connectivity index (χ1) is 14.4. The summed E-state index contributed by atoms with van der Waals surface area (Å²) in [6.07, 6.45) is 1.68. The fourth-order valence-corrected chi connectivity index (χ4v) is 4.22. The van der Waals surface area contributed by atoms with Gasteiger partial charge in [-0.15, -0.1) is 0 Å². The molecule has 2 aromatic carbocycles. The standard InChI is InChI=1S/C22H17ClN4O3/c23-14-6-4-13(5-7-14)20-17(12-24)22(25)26(18-2-1-3-19(28)21(18)20)15-8-10-16(11-9-15)27(29)30/h4-11,20H,1-3,25H2/t20-/m0/s1. The zero-order chi connectivity index (χ0) is 21.4. The Bertz CT molecular complexity index is 1140. The number of Topliss-reactive ketones (excluding diaryl/α,β-unsaturated/α-hetero) is 1. The number of ketones is 1. The van der Waals surface area contributed by atoms with E-state index >= 15 is 0 Å². The first-order valence-corrected chi connectivity index (χ1v) is 9.76. The SMILES string of the molecule is N#CC1=C(N)N(c2ccc([N+](=O)[O-])cc2)C2=C(C(=O)CCC2)[C@H]1c1ccc(Cl)cc1. The Labute approximate surface area is 177 Å². The van der Waals surface area contributed by atoms with E-state index in [1.165, 1.54) is 12.1 Å². The highest BCUT2D eigenvalue weighted by Gasteiger charge is 2.40. The van der Waals surface area contributed by atoms with Crippen molar-refractivity contribution >= 4 is 28.8 Å². The van der Waals surface area contributed by atoms with Gasteiger partial charge in [0.05, 0.1) is 22.5 Å². The molecule has 2 aromatic rings. The van der Waals surface area contributed by atoms with Gasteiger partial charge in [-0.25, -0.2) is 0 Å². The van der Waals surface area contributed by atoms with Crippen molar-refractivity contribution in [2.75, 3.05) is 4.90 Å². The molecule has 30 heavy (non-hydrogen) atoms. The van der Waals surface area contributed by atoms with Gasteiger partial charge in [0, 0.05) is 40.5 Å². The van der Waals surface area contributed by atoms with E-state index in [4.69, 9.17) is 17.3 Å². The van der Waals surface area contributed by atoms with E-state index < -0.39 is 10.8 Å². The number of nitro benzene ring substituents is 1. The molecule has 0 spiro atoms. The molecular formula is C22H17ClN4O3. The largest absolute Gasteiger partial charge is 0.384 e. The van der Waals surface area contributed by atoms with Crippen LogP contribution in [0.1, 0.15) is 30.7 Å². The van der Waals surface area contributed by atoms with Gasteiger partial charge >= 0.3 is 0 Å². The monoisotopic (exact) mass is 420 g/mol. The minimum atomic E-state index is -0.565. The topological polar surface area (TPSA) is 113 Å². The number of carbonyl (C=O) groups excluding carboxylic acids is 1. The van der Waals surface area contributed by atoms with Crippen LogP contribution in [0.3, 0.4) is 0 Å². The normalized spacial score (nSPS) is 18.9. The van der Waals surface area contributed by atoms with Gasteiger partial charge < -0.3 is 5.73 Å². The molecule has 0 aromatic heterocycles. The van der Waals surface area contributed by atoms with E-state index in [9.17, 15) is 20.2 Å². The van der Waals surface area contributed by atoms with Crippen LogP contribution >= 0.6 is 11.6 Å². The van der Waals surface area contributed by atoms with Crippen molar-refractivity contribution < 1.29 is 9.72 Å². The second-order valence-corrected chi connectivity index (χ2v) is 7.58. The van der Waals surface area contributed by atoms with E-state index in [1.54, 1.807) is 41.3 Å². The summed E-state index contributed by atoms with van der Waals surface area (Å²) >= 11 is 6.02. The van der Waals surface area contributed by atoms with E-state index in [1.807, 2.05) is 0 Å². The van der Waals surface area contributed by atoms with Crippen molar-refractivity contribution in [1.82, 2.24) is 0 Å². The number of halogens is 1. The van der Waals surface area contributed by atoms with Crippen molar-refractivity contribution in [2.45, 2.75) is 25.2 Å². The molecular weight excluding hydrogens is 404 g/mol. The third-order valence-electron chi connectivity index (χ3n) is 5.44. The molecule has 0 bridgehead atoms. The predicted octanol–water partition coefficient (Wildman–Crippen LogP) is 4.55. The molecule has 1 aliphatic heterocycles. The molecule has 1 aliphatic carbocycles. The number of carbonyl (C=O) groups is 1. The molecule has 7 nitrogen and oxygen atoms in total. The Morgan fingerprint density at radius 2 is 1.80 bits per heavy atom. The highest BCUT2D eigenvalue weighted by molar-refractivity contribution is 6.30. The maximum Gasteiger partial charge on any atom is 0.269 e. The summed E-state index contributed by atoms with van der Waals surface area (Å²) in [6.45, 7) is 0. The Kier molecular flexibility index (Phi) is 5.02. The van der Waals surface area contributed by atoms with E-state index in [0.717, 1.165) is 11.3 Å². The lowest BCUT2D eigenvalue weighted by atomic mass is 9.75. The molecule has 0 fully saturated rings. The lowest BCUT2D eigenvalue weighted by Gasteiger charge is -2.39. The molecule has 0 unspecified atom stereocenters. The van der Waals surface area contributed by atoms with Gasteiger partial charge in [0.15, 0.2) is 5.78 Å². The van der Waals surface area contributed by atoms with Crippen molar-refractivity contribution in [1.29, 1.82) is 5.26 Å². The predicted molar refractivity (Wildman–Crippen MR) is 112 cm³/mol. The van der Waals surface area contributed by atoms with Gasteiger partial charge in [0.2, 0.25) is 0 Å². The third kappa shape index (κ3) is 3.21. The Morgan fingerprint density at radius 3 is 2.40 bits per heavy atom. The number of nitriles is 1. The number of benzene rings is 2. The van der Waals surface area contributed by atoms with Crippen LogP contribution in [0.4, 0.5) is 11.4 Å². The number of rotatable bonds is 3. The number of hydrogen-bond donors (Lipinski definition) is 1. The Hall–Kier alpha value is -3.63. The van der Waals surface area contributed by atoms with Gasteiger partial charge in [0.1, 0.15) is 5.82 Å². The van der Waals surface area contributed by atoms with Crippen LogP contribution < -0.4 is 10.6 Å². The van der Waals surface area contributed by atoms with Crippen LogP contribution in [-0.2, 0) is 4.79 Å². The van der Waals surface area contributed by atoms with E-state index in [-0.39, 0.29) is 22.9 Å². The summed E-state index contributed by atoms with van der Waals surface area (Å²) in [4.78, 5) is 25.2. The van der Waals surface area contributed by atoms with Crippen LogP contribution in [0.2, 0.25) is 5.02 Å². The van der Waals surface area contributed by atoms with Crippen molar-refractivity contribution in [2.24, 2.45) is 5.73 Å². The number of non-ortho nitro benzene ring substituents is 1. The first kappa shape index (κ1) is 19.7. The lowest BCUT2D eigenvalue weighted by Crippen LogP contribution is -2.38. The molecule has 2 N–H and O–H groups in total. The molecule has 4 rings (SSSR count). The zero-order valence-electron chi connectivity index (χ0n) is 15.8. The van der Waals surface area contributed by atoms with Gasteiger partial charge in [-0.2, -0.15) is 5.26 Å². The molecule has 8 heteroatoms. The zero-order valence-corrected chi connectivity index (χ0v) is 16.6. The van der Waals surface area contributed by atoms with Gasteiger partial charge in [-0.3, -0.25) is 19.8 Å². The smallest absolute Gasteiger partial charge is 0.269 e. The van der Waals surface area contributed by atoms with Gasteiger partial charge in [-0.1, -0.05) is 23.7 Å². The fourth-order valence-electron chi connectivity index (χ4n) is 4.09. The second-order valence-electron chi connectivity index (χ2n) is 7.14. The number of allylic oxidation sites excluding steroid dienone is 3. The van der Waals surface area contributed by atoms with E-state index in [0.29, 0.717) is 35.5 Å². The Morgan fingerprint density at radius 1 is 1.13 bits per heavy atom. The molecule has 0 saturated carbocycles. The molecule has 150 valence electrons. The van der Waals surface area contributed by atoms with Crippen LogP contribution in [-0.4, -0.2) is 10.7 Å². The number of nitrogens with zero attached hydrogens (tertiary/aromatic N) is 3. The second kappa shape index (κ2) is 7.65. The minimum absolute atomic E-state index is 0.0247. The van der Waals surface area contributed by atoms with Crippen molar-refractivity contribution in [3.8, 4) is 6.07 Å². The average Bonchev–Trinajstić information content (AvgIpc) is 2.74. The summed E-state index contributed by atoms with van der Waals surface area (Å²) in [7, 11) is 0. The summed E-state index contributed by atoms with van der Waals surface area (Å²) in [5.74, 6) is -0.368. The van der Waals surface area contributed by atoms with Crippen molar-refractivity contribution in [3.63, 3.8) is 0 Å². The third-order valence-corrected chi connectivity index (χ3v) is 5.69. The summed E-state index contributed by atoms with van der Waals surface area (Å²) < 4.78 is 0. The average molecular weight is 421 g/mol.